The first-order chi connectivity index (χ1) is 8.50. The van der Waals surface area contributed by atoms with E-state index in [2.05, 4.69) is 0 Å². The lowest BCUT2D eigenvalue weighted by Gasteiger charge is -2.38. The molecule has 0 radical (unpaired) electrons. The van der Waals surface area contributed by atoms with E-state index in [1.165, 1.54) is 28.9 Å². The molecule has 4 nitrogen and oxygen atoms in total. The number of benzene rings is 1. The summed E-state index contributed by atoms with van der Waals surface area (Å²) in [5, 5.41) is 0. The van der Waals surface area contributed by atoms with Crippen molar-refractivity contribution >= 4 is 17.5 Å². The molecule has 18 heavy (non-hydrogen) atoms. The molecule has 0 spiro atoms. The van der Waals surface area contributed by atoms with Crippen LogP contribution in [-0.2, 0) is 9.59 Å². The van der Waals surface area contributed by atoms with E-state index in [1.54, 1.807) is 19.1 Å². The topological polar surface area (TPSA) is 40.6 Å². The van der Waals surface area contributed by atoms with Gasteiger partial charge in [0.15, 0.2) is 0 Å². The summed E-state index contributed by atoms with van der Waals surface area (Å²) in [5.41, 5.74) is 0.537. The number of anilines is 1. The molecule has 1 aromatic carbocycles. The zero-order valence-corrected chi connectivity index (χ0v) is 10.4. The van der Waals surface area contributed by atoms with Crippen LogP contribution in [0.5, 0.6) is 0 Å². The fraction of sp³-hybridized carbons (Fsp3) is 0.385. The molecule has 0 bridgehead atoms. The first-order valence-electron chi connectivity index (χ1n) is 5.85. The average molecular weight is 250 g/mol. The van der Waals surface area contributed by atoms with Crippen molar-refractivity contribution < 1.29 is 14.0 Å². The molecular formula is C13H15FN2O2. The van der Waals surface area contributed by atoms with Crippen molar-refractivity contribution in [2.24, 2.45) is 0 Å². The van der Waals surface area contributed by atoms with Crippen molar-refractivity contribution in [2.45, 2.75) is 19.9 Å². The molecule has 1 fully saturated rings. The Balaban J connectivity index is 2.23. The van der Waals surface area contributed by atoms with Gasteiger partial charge in [-0.2, -0.15) is 0 Å². The van der Waals surface area contributed by atoms with Gasteiger partial charge in [0.25, 0.3) is 0 Å². The third-order valence-corrected chi connectivity index (χ3v) is 3.18. The first-order valence-corrected chi connectivity index (χ1v) is 5.85. The number of nitrogens with zero attached hydrogens (tertiary/aromatic N) is 2. The molecule has 1 heterocycles. The molecule has 96 valence electrons. The monoisotopic (exact) mass is 250 g/mol. The van der Waals surface area contributed by atoms with E-state index in [4.69, 9.17) is 0 Å². The normalized spacial score (nSPS) is 20.2. The van der Waals surface area contributed by atoms with Crippen LogP contribution in [0.3, 0.4) is 0 Å². The standard InChI is InChI=1S/C13H15FN2O2/c1-9-13(18)16(7-6-15(9)10(2)17)12-5-3-4-11(14)8-12/h3-5,8-9H,6-7H2,1-2H3/t9-/m1/s1. The van der Waals surface area contributed by atoms with Crippen LogP contribution in [-0.4, -0.2) is 35.8 Å². The first kappa shape index (κ1) is 12.5. The molecule has 1 aromatic rings. The highest BCUT2D eigenvalue weighted by Crippen LogP contribution is 2.21. The summed E-state index contributed by atoms with van der Waals surface area (Å²) >= 11 is 0. The smallest absolute Gasteiger partial charge is 0.249 e. The number of piperazine rings is 1. The number of carbonyl (C=O) groups excluding carboxylic acids is 2. The number of hydrogen-bond acceptors (Lipinski definition) is 2. The molecule has 1 saturated heterocycles. The Labute approximate surface area is 105 Å². The minimum atomic E-state index is -0.500. The Morgan fingerprint density at radius 1 is 1.39 bits per heavy atom. The average Bonchev–Trinajstić information content (AvgIpc) is 2.32. The van der Waals surface area contributed by atoms with Crippen LogP contribution in [0, 0.1) is 5.82 Å². The molecule has 5 heteroatoms. The van der Waals surface area contributed by atoms with Gasteiger partial charge in [0.1, 0.15) is 11.9 Å². The molecule has 2 rings (SSSR count). The highest BCUT2D eigenvalue weighted by atomic mass is 19.1. The zero-order valence-electron chi connectivity index (χ0n) is 10.4. The number of rotatable bonds is 1. The van der Waals surface area contributed by atoms with Crippen LogP contribution >= 0.6 is 0 Å². The van der Waals surface area contributed by atoms with Crippen molar-refractivity contribution in [1.29, 1.82) is 0 Å². The van der Waals surface area contributed by atoms with Gasteiger partial charge in [-0.15, -0.1) is 0 Å². The van der Waals surface area contributed by atoms with Crippen LogP contribution in [0.1, 0.15) is 13.8 Å². The van der Waals surface area contributed by atoms with Gasteiger partial charge in [0, 0.05) is 25.7 Å². The molecule has 0 aromatic heterocycles. The van der Waals surface area contributed by atoms with Gasteiger partial charge in [0.2, 0.25) is 11.8 Å². The predicted molar refractivity (Wildman–Crippen MR) is 65.6 cm³/mol. The maximum Gasteiger partial charge on any atom is 0.249 e. The van der Waals surface area contributed by atoms with Crippen LogP contribution in [0.2, 0.25) is 0 Å². The highest BCUT2D eigenvalue weighted by Gasteiger charge is 2.33. The molecule has 0 N–H and O–H groups in total. The second-order valence-corrected chi connectivity index (χ2v) is 4.36. The van der Waals surface area contributed by atoms with Crippen molar-refractivity contribution in [1.82, 2.24) is 4.90 Å². The van der Waals surface area contributed by atoms with Gasteiger partial charge >= 0.3 is 0 Å². The van der Waals surface area contributed by atoms with Crippen molar-refractivity contribution in [3.63, 3.8) is 0 Å². The number of amides is 2. The molecule has 2 amide bonds. The molecule has 1 aliphatic heterocycles. The second-order valence-electron chi connectivity index (χ2n) is 4.36. The maximum atomic E-state index is 13.1. The lowest BCUT2D eigenvalue weighted by atomic mass is 10.1. The van der Waals surface area contributed by atoms with E-state index < -0.39 is 6.04 Å². The van der Waals surface area contributed by atoms with Gasteiger partial charge in [0.05, 0.1) is 0 Å². The minimum Gasteiger partial charge on any atom is -0.329 e. The summed E-state index contributed by atoms with van der Waals surface area (Å²) in [5.74, 6) is -0.668. The predicted octanol–water partition coefficient (Wildman–Crippen LogP) is 1.41. The van der Waals surface area contributed by atoms with E-state index in [9.17, 15) is 14.0 Å². The Kier molecular flexibility index (Phi) is 3.32. The summed E-state index contributed by atoms with van der Waals surface area (Å²) in [6.45, 7) is 4.00. The van der Waals surface area contributed by atoms with E-state index in [0.29, 0.717) is 18.8 Å². The van der Waals surface area contributed by atoms with Crippen LogP contribution in [0.15, 0.2) is 24.3 Å². The quantitative estimate of drug-likeness (QED) is 0.756. The largest absolute Gasteiger partial charge is 0.329 e. The third-order valence-electron chi connectivity index (χ3n) is 3.18. The molecule has 0 unspecified atom stereocenters. The number of carbonyl (C=O) groups is 2. The fourth-order valence-electron chi connectivity index (χ4n) is 2.20. The molecule has 0 saturated carbocycles. The Bertz CT molecular complexity index is 490. The Morgan fingerprint density at radius 3 is 2.72 bits per heavy atom. The van der Waals surface area contributed by atoms with Crippen molar-refractivity contribution in [3.05, 3.63) is 30.1 Å². The molecule has 0 aliphatic carbocycles. The fourth-order valence-corrected chi connectivity index (χ4v) is 2.20. The van der Waals surface area contributed by atoms with Crippen molar-refractivity contribution in [3.8, 4) is 0 Å². The van der Waals surface area contributed by atoms with Gasteiger partial charge in [-0.05, 0) is 25.1 Å². The van der Waals surface area contributed by atoms with Crippen LogP contribution in [0.25, 0.3) is 0 Å². The summed E-state index contributed by atoms with van der Waals surface area (Å²) < 4.78 is 13.1. The number of hydrogen-bond donors (Lipinski definition) is 0. The summed E-state index contributed by atoms with van der Waals surface area (Å²) in [6.07, 6.45) is 0. The summed E-state index contributed by atoms with van der Waals surface area (Å²) in [6, 6.07) is 5.42. The molecule has 1 atom stereocenters. The second kappa shape index (κ2) is 4.76. The Morgan fingerprint density at radius 2 is 2.11 bits per heavy atom. The summed E-state index contributed by atoms with van der Waals surface area (Å²) in [7, 11) is 0. The minimum absolute atomic E-state index is 0.116. The van der Waals surface area contributed by atoms with E-state index in [1.807, 2.05) is 0 Å². The lowest BCUT2D eigenvalue weighted by molar-refractivity contribution is -0.139. The Hall–Kier alpha value is -1.91. The van der Waals surface area contributed by atoms with Gasteiger partial charge in [-0.1, -0.05) is 6.07 Å². The van der Waals surface area contributed by atoms with Gasteiger partial charge < -0.3 is 9.80 Å². The third kappa shape index (κ3) is 2.20. The number of halogens is 1. The SMILES string of the molecule is CC(=O)N1CCN(c2cccc(F)c2)C(=O)[C@H]1C. The van der Waals surface area contributed by atoms with E-state index >= 15 is 0 Å². The zero-order chi connectivity index (χ0) is 13.3. The van der Waals surface area contributed by atoms with E-state index in [0.717, 1.165) is 0 Å². The maximum absolute atomic E-state index is 13.1. The summed E-state index contributed by atoms with van der Waals surface area (Å²) in [4.78, 5) is 26.6. The highest BCUT2D eigenvalue weighted by molar-refractivity contribution is 5.99. The molecular weight excluding hydrogens is 235 g/mol. The van der Waals surface area contributed by atoms with Crippen LogP contribution < -0.4 is 4.90 Å². The van der Waals surface area contributed by atoms with E-state index in [-0.39, 0.29) is 17.6 Å². The van der Waals surface area contributed by atoms with Crippen molar-refractivity contribution in [2.75, 3.05) is 18.0 Å². The molecule has 1 aliphatic rings. The lowest BCUT2D eigenvalue weighted by Crippen LogP contribution is -2.57. The van der Waals surface area contributed by atoms with Gasteiger partial charge in [-0.3, -0.25) is 9.59 Å². The van der Waals surface area contributed by atoms with Crippen LogP contribution in [0.4, 0.5) is 10.1 Å². The van der Waals surface area contributed by atoms with Gasteiger partial charge in [-0.25, -0.2) is 4.39 Å².